The molecule has 0 unspecified atom stereocenters. The maximum atomic E-state index is 11.5. The number of hydrogen-bond donors (Lipinski definition) is 2. The molecule has 0 aromatic heterocycles. The third-order valence-corrected chi connectivity index (χ3v) is 1.03. The maximum Gasteiger partial charge on any atom is 0.390 e. The number of nitrogens with one attached hydrogen (secondary N) is 2. The molecule has 3 nitrogen and oxygen atoms in total. The molecule has 0 aliphatic carbocycles. The minimum absolute atomic E-state index is 0.380. The molecule has 0 fully saturated rings. The van der Waals surface area contributed by atoms with Crippen molar-refractivity contribution in [1.29, 1.82) is 0 Å². The first-order valence-corrected chi connectivity index (χ1v) is 3.54. The summed E-state index contributed by atoms with van der Waals surface area (Å²) in [5.74, 6) is 0. The molecule has 0 atom stereocenters. The Balaban J connectivity index is 3.37. The lowest BCUT2D eigenvalue weighted by atomic mass is 10.4. The minimum atomic E-state index is -4.21. The van der Waals surface area contributed by atoms with Crippen molar-refractivity contribution in [1.82, 2.24) is 10.6 Å². The SMILES string of the molecule is CCNC(=O)NCCC(F)(F)F. The highest BCUT2D eigenvalue weighted by molar-refractivity contribution is 5.73. The lowest BCUT2D eigenvalue weighted by Crippen LogP contribution is -2.37. The second kappa shape index (κ2) is 4.84. The molecule has 0 aliphatic rings. The first-order valence-electron chi connectivity index (χ1n) is 3.54. The Morgan fingerprint density at radius 3 is 2.33 bits per heavy atom. The first kappa shape index (κ1) is 11.1. The number of amides is 2. The van der Waals surface area contributed by atoms with Crippen molar-refractivity contribution in [2.24, 2.45) is 0 Å². The van der Waals surface area contributed by atoms with Crippen molar-refractivity contribution in [3.05, 3.63) is 0 Å². The summed E-state index contributed by atoms with van der Waals surface area (Å²) in [6.07, 6.45) is -5.20. The average Bonchev–Trinajstić information content (AvgIpc) is 1.84. The Morgan fingerprint density at radius 1 is 1.33 bits per heavy atom. The van der Waals surface area contributed by atoms with Crippen LogP contribution in [0.5, 0.6) is 0 Å². The lowest BCUT2D eigenvalue weighted by Gasteiger charge is -2.07. The van der Waals surface area contributed by atoms with Crippen LogP contribution in [0.15, 0.2) is 0 Å². The summed E-state index contributed by atoms with van der Waals surface area (Å²) in [4.78, 5) is 10.5. The van der Waals surface area contributed by atoms with Gasteiger partial charge in [0.25, 0.3) is 0 Å². The van der Waals surface area contributed by atoms with Gasteiger partial charge in [0.15, 0.2) is 0 Å². The number of carbonyl (C=O) groups is 1. The van der Waals surface area contributed by atoms with Crippen LogP contribution in [0.1, 0.15) is 13.3 Å². The molecule has 0 saturated heterocycles. The maximum absolute atomic E-state index is 11.5. The highest BCUT2D eigenvalue weighted by Crippen LogP contribution is 2.17. The van der Waals surface area contributed by atoms with Gasteiger partial charge in [-0.2, -0.15) is 13.2 Å². The van der Waals surface area contributed by atoms with Gasteiger partial charge >= 0.3 is 12.2 Å². The van der Waals surface area contributed by atoms with Crippen LogP contribution in [0.25, 0.3) is 0 Å². The molecule has 0 heterocycles. The Hall–Kier alpha value is -0.940. The predicted molar refractivity (Wildman–Crippen MR) is 37.7 cm³/mol. The van der Waals surface area contributed by atoms with E-state index in [1.165, 1.54) is 0 Å². The molecule has 0 aromatic rings. The van der Waals surface area contributed by atoms with Gasteiger partial charge in [0.05, 0.1) is 6.42 Å². The fraction of sp³-hybridized carbons (Fsp3) is 0.833. The van der Waals surface area contributed by atoms with Gasteiger partial charge in [0, 0.05) is 13.1 Å². The van der Waals surface area contributed by atoms with E-state index in [1.54, 1.807) is 6.92 Å². The molecule has 72 valence electrons. The molecular formula is C6H11F3N2O. The molecular weight excluding hydrogens is 173 g/mol. The van der Waals surface area contributed by atoms with E-state index in [0.717, 1.165) is 0 Å². The summed E-state index contributed by atoms with van der Waals surface area (Å²) < 4.78 is 34.6. The number of alkyl halides is 3. The van der Waals surface area contributed by atoms with Crippen molar-refractivity contribution in [3.63, 3.8) is 0 Å². The molecule has 12 heavy (non-hydrogen) atoms. The Kier molecular flexibility index (Phi) is 4.46. The third kappa shape index (κ3) is 7.17. The van der Waals surface area contributed by atoms with Crippen molar-refractivity contribution >= 4 is 6.03 Å². The van der Waals surface area contributed by atoms with Crippen molar-refractivity contribution in [2.75, 3.05) is 13.1 Å². The molecule has 0 bridgehead atoms. The van der Waals surface area contributed by atoms with Gasteiger partial charge in [-0.3, -0.25) is 0 Å². The highest BCUT2D eigenvalue weighted by atomic mass is 19.4. The molecule has 0 radical (unpaired) electrons. The van der Waals surface area contributed by atoms with Gasteiger partial charge in [-0.05, 0) is 6.92 Å². The summed E-state index contributed by atoms with van der Waals surface area (Å²) >= 11 is 0. The van der Waals surface area contributed by atoms with Crippen LogP contribution in [0.4, 0.5) is 18.0 Å². The van der Waals surface area contributed by atoms with E-state index < -0.39 is 18.6 Å². The van der Waals surface area contributed by atoms with Crippen molar-refractivity contribution in [3.8, 4) is 0 Å². The minimum Gasteiger partial charge on any atom is -0.338 e. The fourth-order valence-corrected chi connectivity index (χ4v) is 0.541. The van der Waals surface area contributed by atoms with Gasteiger partial charge in [0.1, 0.15) is 0 Å². The summed E-state index contributed by atoms with van der Waals surface area (Å²) in [7, 11) is 0. The molecule has 0 saturated carbocycles. The van der Waals surface area contributed by atoms with Crippen LogP contribution >= 0.6 is 0 Å². The summed E-state index contributed by atoms with van der Waals surface area (Å²) in [6.45, 7) is 1.70. The van der Waals surface area contributed by atoms with Gasteiger partial charge in [-0.15, -0.1) is 0 Å². The number of urea groups is 1. The van der Waals surface area contributed by atoms with Gasteiger partial charge < -0.3 is 10.6 Å². The topological polar surface area (TPSA) is 41.1 Å². The second-order valence-electron chi connectivity index (χ2n) is 2.15. The van der Waals surface area contributed by atoms with E-state index in [1.807, 2.05) is 0 Å². The molecule has 6 heteroatoms. The fourth-order valence-electron chi connectivity index (χ4n) is 0.541. The third-order valence-electron chi connectivity index (χ3n) is 1.03. The van der Waals surface area contributed by atoms with Gasteiger partial charge in [-0.25, -0.2) is 4.79 Å². The first-order chi connectivity index (χ1) is 5.45. The summed E-state index contributed by atoms with van der Waals surface area (Å²) in [5.41, 5.74) is 0. The van der Waals surface area contributed by atoms with Crippen LogP contribution < -0.4 is 10.6 Å². The molecule has 2 N–H and O–H groups in total. The van der Waals surface area contributed by atoms with E-state index in [2.05, 4.69) is 10.6 Å². The Labute approximate surface area is 68.3 Å². The summed E-state index contributed by atoms with van der Waals surface area (Å²) in [5, 5.41) is 4.38. The van der Waals surface area contributed by atoms with Gasteiger partial charge in [-0.1, -0.05) is 0 Å². The van der Waals surface area contributed by atoms with E-state index in [-0.39, 0.29) is 6.54 Å². The number of rotatable bonds is 3. The second-order valence-corrected chi connectivity index (χ2v) is 2.15. The monoisotopic (exact) mass is 184 g/mol. The lowest BCUT2D eigenvalue weighted by molar-refractivity contribution is -0.132. The standard InChI is InChI=1S/C6H11F3N2O/c1-2-10-5(12)11-4-3-6(7,8)9/h2-4H2,1H3,(H2,10,11,12). The van der Waals surface area contributed by atoms with Crippen LogP contribution in [0.3, 0.4) is 0 Å². The molecule has 0 spiro atoms. The molecule has 0 rings (SSSR count). The quantitative estimate of drug-likeness (QED) is 0.681. The van der Waals surface area contributed by atoms with Crippen LogP contribution in [0, 0.1) is 0 Å². The molecule has 0 aromatic carbocycles. The normalized spacial score (nSPS) is 11.0. The Morgan fingerprint density at radius 2 is 1.92 bits per heavy atom. The molecule has 2 amide bonds. The predicted octanol–water partition coefficient (Wildman–Crippen LogP) is 1.26. The average molecular weight is 184 g/mol. The Bertz CT molecular complexity index is 146. The summed E-state index contributed by atoms with van der Waals surface area (Å²) in [6, 6.07) is -0.568. The van der Waals surface area contributed by atoms with Crippen LogP contribution in [-0.4, -0.2) is 25.3 Å². The number of halogens is 3. The van der Waals surface area contributed by atoms with E-state index in [4.69, 9.17) is 0 Å². The largest absolute Gasteiger partial charge is 0.390 e. The van der Waals surface area contributed by atoms with E-state index in [0.29, 0.717) is 6.54 Å². The van der Waals surface area contributed by atoms with Crippen LogP contribution in [0.2, 0.25) is 0 Å². The number of hydrogen-bond acceptors (Lipinski definition) is 1. The van der Waals surface area contributed by atoms with E-state index in [9.17, 15) is 18.0 Å². The number of carbonyl (C=O) groups excluding carboxylic acids is 1. The van der Waals surface area contributed by atoms with E-state index >= 15 is 0 Å². The molecule has 0 aliphatic heterocycles. The van der Waals surface area contributed by atoms with Crippen molar-refractivity contribution < 1.29 is 18.0 Å². The zero-order chi connectivity index (χ0) is 9.61. The highest BCUT2D eigenvalue weighted by Gasteiger charge is 2.26. The van der Waals surface area contributed by atoms with Gasteiger partial charge in [0.2, 0.25) is 0 Å². The van der Waals surface area contributed by atoms with Crippen molar-refractivity contribution in [2.45, 2.75) is 19.5 Å². The zero-order valence-corrected chi connectivity index (χ0v) is 6.66. The smallest absolute Gasteiger partial charge is 0.338 e. The van der Waals surface area contributed by atoms with Crippen LogP contribution in [-0.2, 0) is 0 Å². The zero-order valence-electron chi connectivity index (χ0n) is 6.66.